The lowest BCUT2D eigenvalue weighted by molar-refractivity contribution is 0.374. The highest BCUT2D eigenvalue weighted by atomic mass is 16.1. The minimum Gasteiger partial charge on any atom is -0.315 e. The van der Waals surface area contributed by atoms with Crippen molar-refractivity contribution in [3.05, 3.63) is 28.4 Å². The van der Waals surface area contributed by atoms with Crippen LogP contribution in [0.2, 0.25) is 0 Å². The largest absolute Gasteiger partial charge is 0.315 e. The second-order valence-corrected chi connectivity index (χ2v) is 4.75. The first-order chi connectivity index (χ1) is 7.55. The molecular weight excluding hydrogens is 200 g/mol. The standard InChI is InChI=1S/C13H22N2O/c1-5-7-13(3,8-6-2)11-12(16)15(4)10-9-14-11/h9-10H,5-8H2,1-4H3. The van der Waals surface area contributed by atoms with E-state index in [4.69, 9.17) is 0 Å². The molecule has 0 aliphatic heterocycles. The molecule has 0 spiro atoms. The second kappa shape index (κ2) is 5.28. The van der Waals surface area contributed by atoms with Gasteiger partial charge >= 0.3 is 0 Å². The third kappa shape index (κ3) is 2.52. The smallest absolute Gasteiger partial charge is 0.272 e. The third-order valence-corrected chi connectivity index (χ3v) is 3.19. The lowest BCUT2D eigenvalue weighted by Crippen LogP contribution is -2.34. The zero-order valence-electron chi connectivity index (χ0n) is 10.8. The van der Waals surface area contributed by atoms with Crippen LogP contribution in [-0.2, 0) is 12.5 Å². The van der Waals surface area contributed by atoms with Gasteiger partial charge in [-0.2, -0.15) is 0 Å². The molecule has 0 radical (unpaired) electrons. The van der Waals surface area contributed by atoms with Crippen LogP contribution in [-0.4, -0.2) is 9.55 Å². The average molecular weight is 222 g/mol. The molecule has 0 amide bonds. The van der Waals surface area contributed by atoms with E-state index in [9.17, 15) is 4.79 Å². The Labute approximate surface area is 97.5 Å². The Hall–Kier alpha value is -1.12. The van der Waals surface area contributed by atoms with Gasteiger partial charge in [0.1, 0.15) is 5.69 Å². The van der Waals surface area contributed by atoms with Gasteiger partial charge in [-0.1, -0.05) is 33.6 Å². The number of hydrogen-bond donors (Lipinski definition) is 0. The van der Waals surface area contributed by atoms with Crippen molar-refractivity contribution in [2.24, 2.45) is 7.05 Å². The monoisotopic (exact) mass is 222 g/mol. The maximum absolute atomic E-state index is 12.1. The van der Waals surface area contributed by atoms with Crippen LogP contribution in [0.25, 0.3) is 0 Å². The molecule has 16 heavy (non-hydrogen) atoms. The molecule has 0 aromatic carbocycles. The molecule has 90 valence electrons. The van der Waals surface area contributed by atoms with Gasteiger partial charge in [0.15, 0.2) is 0 Å². The van der Waals surface area contributed by atoms with Gasteiger partial charge in [-0.05, 0) is 12.8 Å². The summed E-state index contributed by atoms with van der Waals surface area (Å²) in [4.78, 5) is 16.4. The summed E-state index contributed by atoms with van der Waals surface area (Å²) in [5, 5.41) is 0. The quantitative estimate of drug-likeness (QED) is 0.767. The Kier molecular flexibility index (Phi) is 4.27. The Bertz CT molecular complexity index is 389. The molecule has 0 saturated carbocycles. The minimum absolute atomic E-state index is 0.0481. The van der Waals surface area contributed by atoms with Gasteiger partial charge in [0, 0.05) is 24.9 Å². The molecule has 0 bridgehead atoms. The Morgan fingerprint density at radius 2 is 1.88 bits per heavy atom. The topological polar surface area (TPSA) is 34.9 Å². The van der Waals surface area contributed by atoms with Crippen LogP contribution >= 0.6 is 0 Å². The Morgan fingerprint density at radius 1 is 1.31 bits per heavy atom. The van der Waals surface area contributed by atoms with E-state index in [0.717, 1.165) is 31.4 Å². The third-order valence-electron chi connectivity index (χ3n) is 3.19. The lowest BCUT2D eigenvalue weighted by atomic mass is 9.78. The summed E-state index contributed by atoms with van der Waals surface area (Å²) in [6, 6.07) is 0. The summed E-state index contributed by atoms with van der Waals surface area (Å²) in [7, 11) is 1.78. The summed E-state index contributed by atoms with van der Waals surface area (Å²) < 4.78 is 1.62. The number of aromatic nitrogens is 2. The number of aryl methyl sites for hydroxylation is 1. The van der Waals surface area contributed by atoms with Crippen LogP contribution in [0, 0.1) is 0 Å². The Morgan fingerprint density at radius 3 is 2.38 bits per heavy atom. The Balaban J connectivity index is 3.20. The number of nitrogens with zero attached hydrogens (tertiary/aromatic N) is 2. The summed E-state index contributed by atoms with van der Waals surface area (Å²) in [5.74, 6) is 0. The first-order valence-electron chi connectivity index (χ1n) is 6.07. The molecule has 0 aliphatic rings. The zero-order chi connectivity index (χ0) is 12.2. The van der Waals surface area contributed by atoms with Gasteiger partial charge in [-0.15, -0.1) is 0 Å². The molecule has 0 N–H and O–H groups in total. The van der Waals surface area contributed by atoms with E-state index in [-0.39, 0.29) is 11.0 Å². The molecule has 1 aromatic heterocycles. The molecule has 0 fully saturated rings. The van der Waals surface area contributed by atoms with Crippen molar-refractivity contribution in [1.82, 2.24) is 9.55 Å². The minimum atomic E-state index is -0.0698. The molecule has 3 nitrogen and oxygen atoms in total. The van der Waals surface area contributed by atoms with E-state index < -0.39 is 0 Å². The van der Waals surface area contributed by atoms with E-state index in [2.05, 4.69) is 25.8 Å². The summed E-state index contributed by atoms with van der Waals surface area (Å²) in [5.41, 5.74) is 0.702. The van der Waals surface area contributed by atoms with Gasteiger partial charge in [0.25, 0.3) is 5.56 Å². The molecular formula is C13H22N2O. The zero-order valence-corrected chi connectivity index (χ0v) is 10.8. The highest BCUT2D eigenvalue weighted by Gasteiger charge is 2.29. The van der Waals surface area contributed by atoms with Gasteiger partial charge in [-0.25, -0.2) is 0 Å². The molecule has 1 aromatic rings. The maximum Gasteiger partial charge on any atom is 0.272 e. The van der Waals surface area contributed by atoms with Crippen LogP contribution in [0.4, 0.5) is 0 Å². The maximum atomic E-state index is 12.1. The van der Waals surface area contributed by atoms with E-state index in [0.29, 0.717) is 0 Å². The molecule has 0 unspecified atom stereocenters. The van der Waals surface area contributed by atoms with Crippen molar-refractivity contribution in [3.63, 3.8) is 0 Å². The molecule has 0 saturated heterocycles. The summed E-state index contributed by atoms with van der Waals surface area (Å²) in [6.45, 7) is 6.46. The van der Waals surface area contributed by atoms with Crippen molar-refractivity contribution in [3.8, 4) is 0 Å². The normalized spacial score (nSPS) is 11.8. The molecule has 1 rings (SSSR count). The van der Waals surface area contributed by atoms with Crippen molar-refractivity contribution in [2.45, 2.75) is 51.9 Å². The number of rotatable bonds is 5. The van der Waals surface area contributed by atoms with Crippen molar-refractivity contribution in [2.75, 3.05) is 0 Å². The molecule has 0 atom stereocenters. The van der Waals surface area contributed by atoms with Gasteiger partial charge < -0.3 is 4.57 Å². The fourth-order valence-corrected chi connectivity index (χ4v) is 2.38. The van der Waals surface area contributed by atoms with Gasteiger partial charge in [0.2, 0.25) is 0 Å². The number of hydrogen-bond acceptors (Lipinski definition) is 2. The first-order valence-corrected chi connectivity index (χ1v) is 6.07. The van der Waals surface area contributed by atoms with Crippen LogP contribution in [0.3, 0.4) is 0 Å². The van der Waals surface area contributed by atoms with Crippen LogP contribution in [0.15, 0.2) is 17.2 Å². The predicted molar refractivity (Wildman–Crippen MR) is 66.6 cm³/mol. The fourth-order valence-electron chi connectivity index (χ4n) is 2.38. The first kappa shape index (κ1) is 12.9. The van der Waals surface area contributed by atoms with Crippen molar-refractivity contribution >= 4 is 0 Å². The summed E-state index contributed by atoms with van der Waals surface area (Å²) >= 11 is 0. The lowest BCUT2D eigenvalue weighted by Gasteiger charge is -2.27. The van der Waals surface area contributed by atoms with Gasteiger partial charge in [-0.3, -0.25) is 9.78 Å². The fraction of sp³-hybridized carbons (Fsp3) is 0.692. The van der Waals surface area contributed by atoms with Gasteiger partial charge in [0.05, 0.1) is 0 Å². The van der Waals surface area contributed by atoms with E-state index in [1.807, 2.05) is 0 Å². The SMILES string of the molecule is CCCC(C)(CCC)c1nccn(C)c1=O. The van der Waals surface area contributed by atoms with E-state index in [1.165, 1.54) is 0 Å². The molecule has 3 heteroatoms. The van der Waals surface area contributed by atoms with E-state index in [1.54, 1.807) is 24.0 Å². The second-order valence-electron chi connectivity index (χ2n) is 4.75. The van der Waals surface area contributed by atoms with E-state index >= 15 is 0 Å². The van der Waals surface area contributed by atoms with Crippen molar-refractivity contribution in [1.29, 1.82) is 0 Å². The highest BCUT2D eigenvalue weighted by Crippen LogP contribution is 2.30. The average Bonchev–Trinajstić information content (AvgIpc) is 2.22. The summed E-state index contributed by atoms with van der Waals surface area (Å²) in [6.07, 6.45) is 7.64. The molecule has 1 heterocycles. The molecule has 0 aliphatic carbocycles. The van der Waals surface area contributed by atoms with Crippen LogP contribution in [0.1, 0.15) is 52.1 Å². The van der Waals surface area contributed by atoms with Crippen molar-refractivity contribution < 1.29 is 0 Å². The van der Waals surface area contributed by atoms with Crippen LogP contribution in [0.5, 0.6) is 0 Å². The predicted octanol–water partition coefficient (Wildman–Crippen LogP) is 2.64. The van der Waals surface area contributed by atoms with Crippen LogP contribution < -0.4 is 5.56 Å². The highest BCUT2D eigenvalue weighted by molar-refractivity contribution is 5.12.